The van der Waals surface area contributed by atoms with Gasteiger partial charge in [0, 0.05) is 5.56 Å². The molecule has 2 rings (SSSR count). The highest BCUT2D eigenvalue weighted by molar-refractivity contribution is 5.97. The minimum absolute atomic E-state index is 0. The summed E-state index contributed by atoms with van der Waals surface area (Å²) >= 11 is 0. The fourth-order valence-electron chi connectivity index (χ4n) is 2.24. The number of benzene rings is 1. The van der Waals surface area contributed by atoms with Crippen LogP contribution in [0.1, 0.15) is 37.7 Å². The van der Waals surface area contributed by atoms with Crippen LogP contribution in [0.3, 0.4) is 0 Å². The van der Waals surface area contributed by atoms with Crippen molar-refractivity contribution in [1.29, 1.82) is 0 Å². The normalized spacial score (nSPS) is 17.1. The molecule has 0 aromatic heterocycles. The first-order valence-corrected chi connectivity index (χ1v) is 6.27. The maximum absolute atomic E-state index is 6.03. The van der Waals surface area contributed by atoms with Crippen molar-refractivity contribution < 1.29 is 4.74 Å². The van der Waals surface area contributed by atoms with Crippen molar-refractivity contribution >= 4 is 18.2 Å². The molecule has 0 atom stereocenters. The number of methoxy groups -OCH3 is 1. The molecule has 1 aromatic rings. The lowest BCUT2D eigenvalue weighted by atomic mass is 9.96. The third-order valence-corrected chi connectivity index (χ3v) is 3.28. The molecule has 0 bridgehead atoms. The zero-order valence-corrected chi connectivity index (χ0v) is 11.6. The van der Waals surface area contributed by atoms with Crippen LogP contribution in [0.5, 0.6) is 5.75 Å². The van der Waals surface area contributed by atoms with Gasteiger partial charge in [-0.05, 0) is 37.1 Å². The fraction of sp³-hybridized carbons (Fsp3) is 0.500. The highest BCUT2D eigenvalue weighted by Gasteiger charge is 2.12. The van der Waals surface area contributed by atoms with E-state index in [-0.39, 0.29) is 12.4 Å². The van der Waals surface area contributed by atoms with Gasteiger partial charge in [0.2, 0.25) is 0 Å². The number of aliphatic imine (C=N–C) groups is 1. The molecule has 100 valence electrons. The predicted molar refractivity (Wildman–Crippen MR) is 77.8 cm³/mol. The number of hydrogen-bond donors (Lipinski definition) is 1. The zero-order valence-electron chi connectivity index (χ0n) is 10.8. The Balaban J connectivity index is 0.00000162. The molecule has 0 aliphatic heterocycles. The molecule has 0 heterocycles. The zero-order chi connectivity index (χ0) is 12.1. The molecule has 1 aromatic carbocycles. The van der Waals surface area contributed by atoms with Crippen molar-refractivity contribution in [2.45, 2.75) is 38.1 Å². The van der Waals surface area contributed by atoms with Crippen molar-refractivity contribution in [3.8, 4) is 5.75 Å². The Morgan fingerprint density at radius 3 is 2.33 bits per heavy atom. The van der Waals surface area contributed by atoms with Crippen LogP contribution < -0.4 is 10.5 Å². The summed E-state index contributed by atoms with van der Waals surface area (Å²) in [6.07, 6.45) is 6.26. The largest absolute Gasteiger partial charge is 0.497 e. The van der Waals surface area contributed by atoms with E-state index in [1.54, 1.807) is 7.11 Å². The van der Waals surface area contributed by atoms with Crippen molar-refractivity contribution in [3.05, 3.63) is 29.8 Å². The maximum Gasteiger partial charge on any atom is 0.125 e. The highest BCUT2D eigenvalue weighted by Crippen LogP contribution is 2.21. The Morgan fingerprint density at radius 2 is 1.78 bits per heavy atom. The Kier molecular flexibility index (Phi) is 5.99. The first-order chi connectivity index (χ1) is 8.29. The third-order valence-electron chi connectivity index (χ3n) is 3.28. The Bertz CT molecular complexity index is 383. The second-order valence-electron chi connectivity index (χ2n) is 4.53. The van der Waals surface area contributed by atoms with Crippen LogP contribution in [0, 0.1) is 0 Å². The minimum Gasteiger partial charge on any atom is -0.497 e. The van der Waals surface area contributed by atoms with Crippen LogP contribution in [0.15, 0.2) is 29.3 Å². The molecule has 0 spiro atoms. The summed E-state index contributed by atoms with van der Waals surface area (Å²) < 4.78 is 5.12. The summed E-state index contributed by atoms with van der Waals surface area (Å²) in [5.74, 6) is 1.50. The number of amidine groups is 1. The quantitative estimate of drug-likeness (QED) is 0.676. The molecule has 1 saturated carbocycles. The van der Waals surface area contributed by atoms with Crippen LogP contribution in [-0.4, -0.2) is 19.0 Å². The molecule has 0 amide bonds. The number of halogens is 1. The Labute approximate surface area is 115 Å². The van der Waals surface area contributed by atoms with E-state index in [0.717, 1.165) is 11.3 Å². The van der Waals surface area contributed by atoms with Crippen molar-refractivity contribution in [2.75, 3.05) is 7.11 Å². The Morgan fingerprint density at radius 1 is 1.17 bits per heavy atom. The van der Waals surface area contributed by atoms with Gasteiger partial charge in [-0.3, -0.25) is 4.99 Å². The standard InChI is InChI=1S/C14H20N2O.ClH/c1-17-13-9-7-11(8-10-13)14(15)16-12-5-3-2-4-6-12;/h7-10,12H,2-6H2,1H3,(H2,15,16);1H. The van der Waals surface area contributed by atoms with Gasteiger partial charge in [-0.15, -0.1) is 12.4 Å². The van der Waals surface area contributed by atoms with Crippen LogP contribution in [0.2, 0.25) is 0 Å². The number of ether oxygens (including phenoxy) is 1. The van der Waals surface area contributed by atoms with E-state index in [0.29, 0.717) is 11.9 Å². The summed E-state index contributed by atoms with van der Waals surface area (Å²) in [5, 5.41) is 0. The van der Waals surface area contributed by atoms with E-state index in [4.69, 9.17) is 10.5 Å². The molecule has 2 N–H and O–H groups in total. The first-order valence-electron chi connectivity index (χ1n) is 6.27. The first kappa shape index (κ1) is 14.8. The topological polar surface area (TPSA) is 47.6 Å². The number of rotatable bonds is 3. The molecule has 3 nitrogen and oxygen atoms in total. The van der Waals surface area contributed by atoms with E-state index in [9.17, 15) is 0 Å². The van der Waals surface area contributed by atoms with Crippen molar-refractivity contribution in [2.24, 2.45) is 10.7 Å². The molecule has 0 saturated heterocycles. The van der Waals surface area contributed by atoms with Crippen LogP contribution in [0.4, 0.5) is 0 Å². The lowest BCUT2D eigenvalue weighted by Gasteiger charge is -2.18. The second-order valence-corrected chi connectivity index (χ2v) is 4.53. The van der Waals surface area contributed by atoms with Gasteiger partial charge in [-0.1, -0.05) is 19.3 Å². The predicted octanol–water partition coefficient (Wildman–Crippen LogP) is 3.16. The molecule has 1 fully saturated rings. The molecule has 0 unspecified atom stereocenters. The lowest BCUT2D eigenvalue weighted by molar-refractivity contribution is 0.415. The number of nitrogens with zero attached hydrogens (tertiary/aromatic N) is 1. The van der Waals surface area contributed by atoms with E-state index >= 15 is 0 Å². The van der Waals surface area contributed by atoms with Gasteiger partial charge in [-0.2, -0.15) is 0 Å². The van der Waals surface area contributed by atoms with Crippen molar-refractivity contribution in [3.63, 3.8) is 0 Å². The fourth-order valence-corrected chi connectivity index (χ4v) is 2.24. The maximum atomic E-state index is 6.03. The van der Waals surface area contributed by atoms with E-state index in [1.807, 2.05) is 24.3 Å². The summed E-state index contributed by atoms with van der Waals surface area (Å²) in [6.45, 7) is 0. The van der Waals surface area contributed by atoms with Gasteiger partial charge < -0.3 is 10.5 Å². The smallest absolute Gasteiger partial charge is 0.125 e. The van der Waals surface area contributed by atoms with Gasteiger partial charge in [0.05, 0.1) is 13.2 Å². The van der Waals surface area contributed by atoms with Crippen LogP contribution in [0.25, 0.3) is 0 Å². The summed E-state index contributed by atoms with van der Waals surface area (Å²) in [7, 11) is 1.66. The van der Waals surface area contributed by atoms with Crippen molar-refractivity contribution in [1.82, 2.24) is 0 Å². The minimum atomic E-state index is 0. The molecule has 0 radical (unpaired) electrons. The van der Waals surface area contributed by atoms with E-state index < -0.39 is 0 Å². The van der Waals surface area contributed by atoms with Gasteiger partial charge in [-0.25, -0.2) is 0 Å². The summed E-state index contributed by atoms with van der Waals surface area (Å²) in [6, 6.07) is 8.17. The second kappa shape index (κ2) is 7.27. The average molecular weight is 269 g/mol. The third kappa shape index (κ3) is 3.91. The number of nitrogens with two attached hydrogens (primary N) is 1. The van der Waals surface area contributed by atoms with Gasteiger partial charge in [0.15, 0.2) is 0 Å². The van der Waals surface area contributed by atoms with Gasteiger partial charge in [0.25, 0.3) is 0 Å². The molecule has 4 heteroatoms. The van der Waals surface area contributed by atoms with Crippen LogP contribution >= 0.6 is 12.4 Å². The summed E-state index contributed by atoms with van der Waals surface area (Å²) in [4.78, 5) is 4.62. The Hall–Kier alpha value is -1.22. The van der Waals surface area contributed by atoms with E-state index in [2.05, 4.69) is 4.99 Å². The molecule has 1 aliphatic rings. The SMILES string of the molecule is COc1ccc(C(N)=NC2CCCCC2)cc1.Cl. The average Bonchev–Trinajstić information content (AvgIpc) is 2.40. The van der Waals surface area contributed by atoms with Crippen LogP contribution in [-0.2, 0) is 0 Å². The summed E-state index contributed by atoms with van der Waals surface area (Å²) in [5.41, 5.74) is 7.01. The molecular weight excluding hydrogens is 248 g/mol. The number of hydrogen-bond acceptors (Lipinski definition) is 2. The lowest BCUT2D eigenvalue weighted by Crippen LogP contribution is -2.19. The monoisotopic (exact) mass is 268 g/mol. The molecule has 18 heavy (non-hydrogen) atoms. The molecule has 1 aliphatic carbocycles. The van der Waals surface area contributed by atoms with Gasteiger partial charge >= 0.3 is 0 Å². The van der Waals surface area contributed by atoms with E-state index in [1.165, 1.54) is 32.1 Å². The molecular formula is C14H21ClN2O. The van der Waals surface area contributed by atoms with Gasteiger partial charge in [0.1, 0.15) is 11.6 Å². The highest BCUT2D eigenvalue weighted by atomic mass is 35.5.